The van der Waals surface area contributed by atoms with E-state index in [1.807, 2.05) is 19.0 Å². The molecule has 1 aliphatic heterocycles. The van der Waals surface area contributed by atoms with E-state index in [4.69, 9.17) is 0 Å². The van der Waals surface area contributed by atoms with E-state index in [0.717, 1.165) is 24.9 Å². The smallest absolute Gasteiger partial charge is 0.244 e. The molecule has 1 atom stereocenters. The lowest BCUT2D eigenvalue weighted by atomic mass is 9.99. The molecule has 0 spiro atoms. The van der Waals surface area contributed by atoms with Crippen molar-refractivity contribution in [1.82, 2.24) is 20.5 Å². The molecule has 1 aromatic heterocycles. The molecule has 2 N–H and O–H groups in total. The molecule has 0 bridgehead atoms. The predicted octanol–water partition coefficient (Wildman–Crippen LogP) is 0.338. The van der Waals surface area contributed by atoms with Crippen LogP contribution in [-0.2, 0) is 0 Å². The van der Waals surface area contributed by atoms with Gasteiger partial charge in [-0.15, -0.1) is 5.10 Å². The number of aromatic amines is 1. The summed E-state index contributed by atoms with van der Waals surface area (Å²) in [6.07, 6.45) is 2.43. The number of piperidine rings is 1. The van der Waals surface area contributed by atoms with E-state index < -0.39 is 0 Å². The van der Waals surface area contributed by atoms with Crippen LogP contribution in [0.1, 0.15) is 24.6 Å². The van der Waals surface area contributed by atoms with E-state index in [-0.39, 0.29) is 0 Å². The normalized spacial score (nSPS) is 22.3. The minimum absolute atomic E-state index is 0.505. The van der Waals surface area contributed by atoms with Crippen molar-refractivity contribution in [2.24, 2.45) is 0 Å². The summed E-state index contributed by atoms with van der Waals surface area (Å²) < 4.78 is 0. The van der Waals surface area contributed by atoms with Crippen molar-refractivity contribution in [3.8, 4) is 0 Å². The monoisotopic (exact) mass is 195 g/mol. The van der Waals surface area contributed by atoms with Gasteiger partial charge in [-0.25, -0.2) is 0 Å². The molecule has 78 valence electrons. The van der Waals surface area contributed by atoms with Crippen molar-refractivity contribution in [3.05, 3.63) is 5.82 Å². The third kappa shape index (κ3) is 1.87. The first kappa shape index (κ1) is 9.45. The molecule has 5 nitrogen and oxygen atoms in total. The zero-order chi connectivity index (χ0) is 9.97. The standard InChI is InChI=1S/C9H17N5/c1-14(2)9-11-8(12-13-9)7-4-3-5-10-6-7/h7,10H,3-6H2,1-2H3,(H,11,12,13). The average molecular weight is 195 g/mol. The molecule has 1 saturated heterocycles. The number of hydrogen-bond donors (Lipinski definition) is 2. The van der Waals surface area contributed by atoms with Gasteiger partial charge in [0, 0.05) is 26.6 Å². The second-order valence-corrected chi connectivity index (χ2v) is 3.96. The van der Waals surface area contributed by atoms with Crippen molar-refractivity contribution in [2.75, 3.05) is 32.1 Å². The first-order valence-electron chi connectivity index (χ1n) is 5.07. The van der Waals surface area contributed by atoms with Crippen molar-refractivity contribution in [1.29, 1.82) is 0 Å². The highest BCUT2D eigenvalue weighted by Crippen LogP contribution is 2.20. The number of nitrogens with one attached hydrogen (secondary N) is 2. The molecular weight excluding hydrogens is 178 g/mol. The second kappa shape index (κ2) is 3.96. The quantitative estimate of drug-likeness (QED) is 0.714. The SMILES string of the molecule is CN(C)c1n[nH]c(C2CCCNC2)n1. The van der Waals surface area contributed by atoms with Gasteiger partial charge in [-0.2, -0.15) is 4.98 Å². The molecule has 1 aliphatic rings. The van der Waals surface area contributed by atoms with Crippen LogP contribution >= 0.6 is 0 Å². The average Bonchev–Trinajstić information content (AvgIpc) is 2.68. The van der Waals surface area contributed by atoms with E-state index >= 15 is 0 Å². The second-order valence-electron chi connectivity index (χ2n) is 3.96. The fourth-order valence-corrected chi connectivity index (χ4v) is 1.73. The summed E-state index contributed by atoms with van der Waals surface area (Å²) in [7, 11) is 3.90. The number of hydrogen-bond acceptors (Lipinski definition) is 4. The molecule has 1 aromatic rings. The van der Waals surface area contributed by atoms with Gasteiger partial charge >= 0.3 is 0 Å². The molecule has 0 amide bonds. The maximum atomic E-state index is 4.45. The molecule has 0 radical (unpaired) electrons. The van der Waals surface area contributed by atoms with Crippen LogP contribution in [0.3, 0.4) is 0 Å². The van der Waals surface area contributed by atoms with Gasteiger partial charge in [0.05, 0.1) is 0 Å². The molecule has 1 fully saturated rings. The molecule has 5 heteroatoms. The van der Waals surface area contributed by atoms with E-state index in [2.05, 4.69) is 20.5 Å². The first-order valence-corrected chi connectivity index (χ1v) is 5.07. The number of rotatable bonds is 2. The molecule has 0 aliphatic carbocycles. The lowest BCUT2D eigenvalue weighted by Crippen LogP contribution is -2.29. The summed E-state index contributed by atoms with van der Waals surface area (Å²) in [5, 5.41) is 10.5. The summed E-state index contributed by atoms with van der Waals surface area (Å²) in [5.74, 6) is 2.29. The van der Waals surface area contributed by atoms with Crippen molar-refractivity contribution in [2.45, 2.75) is 18.8 Å². The van der Waals surface area contributed by atoms with E-state index in [1.165, 1.54) is 12.8 Å². The zero-order valence-electron chi connectivity index (χ0n) is 8.75. The number of anilines is 1. The fraction of sp³-hybridized carbons (Fsp3) is 0.778. The summed E-state index contributed by atoms with van der Waals surface area (Å²) in [6.45, 7) is 2.15. The maximum absolute atomic E-state index is 4.45. The van der Waals surface area contributed by atoms with Crippen LogP contribution in [0.15, 0.2) is 0 Å². The number of H-pyrrole nitrogens is 1. The van der Waals surface area contributed by atoms with E-state index in [1.54, 1.807) is 0 Å². The first-order chi connectivity index (χ1) is 6.77. The molecule has 0 aromatic carbocycles. The highest BCUT2D eigenvalue weighted by atomic mass is 15.3. The summed E-state index contributed by atoms with van der Waals surface area (Å²) in [4.78, 5) is 6.37. The Balaban J connectivity index is 2.07. The van der Waals surface area contributed by atoms with E-state index in [9.17, 15) is 0 Å². The highest BCUT2D eigenvalue weighted by Gasteiger charge is 2.18. The third-order valence-electron chi connectivity index (χ3n) is 2.57. The Morgan fingerprint density at radius 3 is 2.86 bits per heavy atom. The van der Waals surface area contributed by atoms with Crippen molar-refractivity contribution in [3.63, 3.8) is 0 Å². The Hall–Kier alpha value is -1.10. The van der Waals surface area contributed by atoms with Crippen molar-refractivity contribution < 1.29 is 0 Å². The van der Waals surface area contributed by atoms with Gasteiger partial charge < -0.3 is 10.2 Å². The lowest BCUT2D eigenvalue weighted by molar-refractivity contribution is 0.447. The molecule has 2 rings (SSSR count). The lowest BCUT2D eigenvalue weighted by Gasteiger charge is -2.20. The van der Waals surface area contributed by atoms with Crippen LogP contribution in [0.25, 0.3) is 0 Å². The minimum atomic E-state index is 0.505. The summed E-state index contributed by atoms with van der Waals surface area (Å²) in [6, 6.07) is 0. The van der Waals surface area contributed by atoms with Crippen LogP contribution < -0.4 is 10.2 Å². The Morgan fingerprint density at radius 2 is 2.29 bits per heavy atom. The fourth-order valence-electron chi connectivity index (χ4n) is 1.73. The minimum Gasteiger partial charge on any atom is -0.346 e. The molecular formula is C9H17N5. The van der Waals surface area contributed by atoms with Crippen molar-refractivity contribution >= 4 is 5.95 Å². The number of aromatic nitrogens is 3. The highest BCUT2D eigenvalue weighted by molar-refractivity contribution is 5.25. The maximum Gasteiger partial charge on any atom is 0.244 e. The molecule has 14 heavy (non-hydrogen) atoms. The predicted molar refractivity (Wildman–Crippen MR) is 55.6 cm³/mol. The zero-order valence-corrected chi connectivity index (χ0v) is 8.75. The largest absolute Gasteiger partial charge is 0.346 e. The summed E-state index contributed by atoms with van der Waals surface area (Å²) in [5.41, 5.74) is 0. The van der Waals surface area contributed by atoms with Crippen LogP contribution in [0.2, 0.25) is 0 Å². The molecule has 2 heterocycles. The summed E-state index contributed by atoms with van der Waals surface area (Å²) >= 11 is 0. The van der Waals surface area contributed by atoms with Gasteiger partial charge in [0.1, 0.15) is 5.82 Å². The van der Waals surface area contributed by atoms with Crippen LogP contribution in [0, 0.1) is 0 Å². The topological polar surface area (TPSA) is 56.8 Å². The van der Waals surface area contributed by atoms with Crippen LogP contribution in [0.4, 0.5) is 5.95 Å². The third-order valence-corrected chi connectivity index (χ3v) is 2.57. The Kier molecular flexibility index (Phi) is 2.67. The molecule has 0 saturated carbocycles. The Morgan fingerprint density at radius 1 is 1.43 bits per heavy atom. The Bertz CT molecular complexity index is 287. The van der Waals surface area contributed by atoms with Crippen LogP contribution in [0.5, 0.6) is 0 Å². The van der Waals surface area contributed by atoms with Gasteiger partial charge in [0.15, 0.2) is 0 Å². The van der Waals surface area contributed by atoms with E-state index in [0.29, 0.717) is 5.92 Å². The van der Waals surface area contributed by atoms with Gasteiger partial charge in [-0.1, -0.05) is 0 Å². The van der Waals surface area contributed by atoms with Crippen LogP contribution in [-0.4, -0.2) is 42.4 Å². The van der Waals surface area contributed by atoms with Gasteiger partial charge in [0.2, 0.25) is 5.95 Å². The Labute approximate surface area is 83.9 Å². The number of nitrogens with zero attached hydrogens (tertiary/aromatic N) is 3. The molecule has 1 unspecified atom stereocenters. The van der Waals surface area contributed by atoms with Gasteiger partial charge in [-0.05, 0) is 19.4 Å². The van der Waals surface area contributed by atoms with Gasteiger partial charge in [-0.3, -0.25) is 5.10 Å². The van der Waals surface area contributed by atoms with Gasteiger partial charge in [0.25, 0.3) is 0 Å².